The van der Waals surface area contributed by atoms with Crippen LogP contribution in [0.15, 0.2) is 17.2 Å². The van der Waals surface area contributed by atoms with Crippen molar-refractivity contribution >= 4 is 34.9 Å². The van der Waals surface area contributed by atoms with Crippen molar-refractivity contribution < 1.29 is 9.59 Å². The van der Waals surface area contributed by atoms with Crippen LogP contribution >= 0.6 is 11.8 Å². The van der Waals surface area contributed by atoms with Gasteiger partial charge < -0.3 is 4.90 Å². The van der Waals surface area contributed by atoms with Gasteiger partial charge in [0.2, 0.25) is 5.95 Å². The van der Waals surface area contributed by atoms with Crippen LogP contribution in [0.5, 0.6) is 0 Å². The third-order valence-electron chi connectivity index (χ3n) is 2.97. The van der Waals surface area contributed by atoms with Gasteiger partial charge in [-0.25, -0.2) is 9.97 Å². The number of carbonyl (C=O) groups is 2. The van der Waals surface area contributed by atoms with Gasteiger partial charge in [0, 0.05) is 19.3 Å². The van der Waals surface area contributed by atoms with Crippen LogP contribution in [0, 0.1) is 0 Å². The van der Waals surface area contributed by atoms with E-state index in [0.717, 1.165) is 37.7 Å². The predicted molar refractivity (Wildman–Crippen MR) is 72.6 cm³/mol. The number of thioether (sulfide) groups is 1. The van der Waals surface area contributed by atoms with E-state index in [0.29, 0.717) is 16.5 Å². The van der Waals surface area contributed by atoms with Gasteiger partial charge in [-0.05, 0) is 36.7 Å². The van der Waals surface area contributed by atoms with Gasteiger partial charge in [-0.15, -0.1) is 0 Å². The quantitative estimate of drug-likeness (QED) is 0.823. The molecule has 0 saturated carbocycles. The first-order valence-electron chi connectivity index (χ1n) is 6.05. The van der Waals surface area contributed by atoms with Gasteiger partial charge in [0.25, 0.3) is 11.1 Å². The molecule has 0 spiro atoms. The summed E-state index contributed by atoms with van der Waals surface area (Å²) in [4.78, 5) is 33.7. The van der Waals surface area contributed by atoms with E-state index >= 15 is 0 Å². The summed E-state index contributed by atoms with van der Waals surface area (Å²) in [7, 11) is 0. The Balaban J connectivity index is 1.85. The Morgan fingerprint density at radius 2 is 2.11 bits per heavy atom. The van der Waals surface area contributed by atoms with Crippen LogP contribution in [0.1, 0.15) is 18.5 Å². The highest BCUT2D eigenvalue weighted by atomic mass is 32.2. The molecular formula is C12H12N4O2S. The van der Waals surface area contributed by atoms with E-state index < -0.39 is 0 Å². The lowest BCUT2D eigenvalue weighted by atomic mass is 10.3. The number of anilines is 1. The molecule has 0 atom stereocenters. The minimum Gasteiger partial charge on any atom is -0.341 e. The summed E-state index contributed by atoms with van der Waals surface area (Å²) >= 11 is 0.894. The predicted octanol–water partition coefficient (Wildman–Crippen LogP) is 1.40. The maximum absolute atomic E-state index is 11.5. The number of nitrogens with one attached hydrogen (secondary N) is 1. The van der Waals surface area contributed by atoms with Gasteiger partial charge in [-0.1, -0.05) is 0 Å². The SMILES string of the molecule is O=C1NC(=O)/C(=C\c2ccnc(N3CCCC3)n2)S1. The molecule has 1 aromatic rings. The standard InChI is InChI=1S/C12H12N4O2S/c17-10-9(19-12(18)15-10)7-8-3-4-13-11(14-8)16-5-1-2-6-16/h3-4,7H,1-2,5-6H2,(H,15,17,18)/b9-7+. The second-order valence-corrected chi connectivity index (χ2v) is 5.34. The fourth-order valence-corrected chi connectivity index (χ4v) is 2.73. The monoisotopic (exact) mass is 276 g/mol. The van der Waals surface area contributed by atoms with Gasteiger partial charge in [0.05, 0.1) is 10.6 Å². The average molecular weight is 276 g/mol. The Labute approximate surface area is 114 Å². The highest BCUT2D eigenvalue weighted by molar-refractivity contribution is 8.18. The number of rotatable bonds is 2. The molecule has 7 heteroatoms. The second kappa shape index (κ2) is 5.00. The summed E-state index contributed by atoms with van der Waals surface area (Å²) < 4.78 is 0. The van der Waals surface area contributed by atoms with Crippen LogP contribution < -0.4 is 10.2 Å². The first-order chi connectivity index (χ1) is 9.22. The van der Waals surface area contributed by atoms with E-state index in [4.69, 9.17) is 0 Å². The molecule has 19 heavy (non-hydrogen) atoms. The topological polar surface area (TPSA) is 75.2 Å². The molecular weight excluding hydrogens is 264 g/mol. The van der Waals surface area contributed by atoms with Gasteiger partial charge >= 0.3 is 0 Å². The third-order valence-corrected chi connectivity index (χ3v) is 3.78. The normalized spacial score (nSPS) is 21.3. The summed E-state index contributed by atoms with van der Waals surface area (Å²) in [5.74, 6) is 0.318. The summed E-state index contributed by atoms with van der Waals surface area (Å²) in [6, 6.07) is 1.73. The van der Waals surface area contributed by atoms with Gasteiger partial charge in [0.1, 0.15) is 0 Å². The number of imide groups is 1. The molecule has 0 radical (unpaired) electrons. The summed E-state index contributed by atoms with van der Waals surface area (Å²) in [5.41, 5.74) is 0.643. The number of amides is 2. The van der Waals surface area contributed by atoms with Crippen molar-refractivity contribution in [3.63, 3.8) is 0 Å². The zero-order valence-corrected chi connectivity index (χ0v) is 10.9. The minimum absolute atomic E-state index is 0.343. The summed E-state index contributed by atoms with van der Waals surface area (Å²) in [5, 5.41) is 1.88. The smallest absolute Gasteiger partial charge is 0.290 e. The van der Waals surface area contributed by atoms with Gasteiger partial charge in [-0.3, -0.25) is 14.9 Å². The van der Waals surface area contributed by atoms with Crippen LogP contribution in [0.2, 0.25) is 0 Å². The maximum atomic E-state index is 11.5. The first kappa shape index (κ1) is 12.2. The highest BCUT2D eigenvalue weighted by Gasteiger charge is 2.25. The number of hydrogen-bond acceptors (Lipinski definition) is 6. The zero-order chi connectivity index (χ0) is 13.2. The van der Waals surface area contributed by atoms with Crippen LogP contribution in [0.4, 0.5) is 10.7 Å². The molecule has 1 aromatic heterocycles. The summed E-state index contributed by atoms with van der Waals surface area (Å²) in [6.45, 7) is 1.93. The molecule has 2 saturated heterocycles. The van der Waals surface area contributed by atoms with E-state index in [2.05, 4.69) is 20.2 Å². The molecule has 2 fully saturated rings. The fraction of sp³-hybridized carbons (Fsp3) is 0.333. The number of aromatic nitrogens is 2. The van der Waals surface area contributed by atoms with Gasteiger partial charge in [-0.2, -0.15) is 0 Å². The lowest BCUT2D eigenvalue weighted by Crippen LogP contribution is -2.20. The number of hydrogen-bond donors (Lipinski definition) is 1. The van der Waals surface area contributed by atoms with Crippen LogP contribution in [0.25, 0.3) is 6.08 Å². The maximum Gasteiger partial charge on any atom is 0.290 e. The van der Waals surface area contributed by atoms with E-state index in [9.17, 15) is 9.59 Å². The number of carbonyl (C=O) groups excluding carboxylic acids is 2. The Kier molecular flexibility index (Phi) is 3.20. The Morgan fingerprint density at radius 1 is 1.32 bits per heavy atom. The molecule has 6 nitrogen and oxygen atoms in total. The van der Waals surface area contributed by atoms with Gasteiger partial charge in [0.15, 0.2) is 0 Å². The fourth-order valence-electron chi connectivity index (χ4n) is 2.07. The van der Waals surface area contributed by atoms with Crippen molar-refractivity contribution in [1.82, 2.24) is 15.3 Å². The van der Waals surface area contributed by atoms with Crippen molar-refractivity contribution in [2.24, 2.45) is 0 Å². The molecule has 0 bridgehead atoms. The molecule has 3 rings (SSSR count). The molecule has 98 valence electrons. The van der Waals surface area contributed by atoms with E-state index in [-0.39, 0.29) is 11.1 Å². The molecule has 2 aliphatic heterocycles. The lowest BCUT2D eigenvalue weighted by Gasteiger charge is -2.14. The van der Waals surface area contributed by atoms with Crippen molar-refractivity contribution in [2.45, 2.75) is 12.8 Å². The lowest BCUT2D eigenvalue weighted by molar-refractivity contribution is -0.115. The minimum atomic E-state index is -0.365. The van der Waals surface area contributed by atoms with Crippen LogP contribution in [-0.4, -0.2) is 34.2 Å². The number of nitrogens with zero attached hydrogens (tertiary/aromatic N) is 3. The molecule has 2 amide bonds. The van der Waals surface area contributed by atoms with E-state index in [1.165, 1.54) is 0 Å². The molecule has 0 unspecified atom stereocenters. The summed E-state index contributed by atoms with van der Waals surface area (Å²) in [6.07, 6.45) is 5.60. The van der Waals surface area contributed by atoms with Crippen molar-refractivity contribution in [3.8, 4) is 0 Å². The second-order valence-electron chi connectivity index (χ2n) is 4.33. The molecule has 2 aliphatic rings. The van der Waals surface area contributed by atoms with Crippen LogP contribution in [-0.2, 0) is 4.79 Å². The van der Waals surface area contributed by atoms with E-state index in [1.807, 2.05) is 0 Å². The Bertz CT molecular complexity index is 567. The zero-order valence-electron chi connectivity index (χ0n) is 10.1. The average Bonchev–Trinajstić information content (AvgIpc) is 3.01. The largest absolute Gasteiger partial charge is 0.341 e. The molecule has 0 aromatic carbocycles. The Hall–Kier alpha value is -1.89. The third kappa shape index (κ3) is 2.60. The van der Waals surface area contributed by atoms with Crippen molar-refractivity contribution in [3.05, 3.63) is 22.9 Å². The molecule has 3 heterocycles. The molecule has 1 N–H and O–H groups in total. The highest BCUT2D eigenvalue weighted by Crippen LogP contribution is 2.25. The van der Waals surface area contributed by atoms with Crippen molar-refractivity contribution in [1.29, 1.82) is 0 Å². The molecule has 0 aliphatic carbocycles. The Morgan fingerprint density at radius 3 is 2.79 bits per heavy atom. The van der Waals surface area contributed by atoms with Crippen molar-refractivity contribution in [2.75, 3.05) is 18.0 Å². The first-order valence-corrected chi connectivity index (χ1v) is 6.87. The van der Waals surface area contributed by atoms with Crippen LogP contribution in [0.3, 0.4) is 0 Å². The van der Waals surface area contributed by atoms with E-state index in [1.54, 1.807) is 18.3 Å².